The Balaban J connectivity index is 2.23. The zero-order valence-electron chi connectivity index (χ0n) is 15.0. The maximum Gasteiger partial charge on any atom is 0.407 e. The van der Waals surface area contributed by atoms with Crippen LogP contribution < -0.4 is 15.4 Å². The number of nitrogens with one attached hydrogen (secondary N) is 2. The van der Waals surface area contributed by atoms with Gasteiger partial charge in [0.25, 0.3) is 0 Å². The van der Waals surface area contributed by atoms with Crippen molar-refractivity contribution in [2.75, 3.05) is 19.8 Å². The van der Waals surface area contributed by atoms with Gasteiger partial charge in [-0.2, -0.15) is 0 Å². The van der Waals surface area contributed by atoms with Crippen molar-refractivity contribution >= 4 is 12.0 Å². The molecule has 0 radical (unpaired) electrons. The van der Waals surface area contributed by atoms with E-state index in [9.17, 15) is 14.0 Å². The van der Waals surface area contributed by atoms with Crippen LogP contribution in [0.1, 0.15) is 33.6 Å². The predicted octanol–water partition coefficient (Wildman–Crippen LogP) is 2.87. The number of hydrogen-bond acceptors (Lipinski definition) is 4. The molecule has 1 unspecified atom stereocenters. The zero-order valence-corrected chi connectivity index (χ0v) is 15.0. The van der Waals surface area contributed by atoms with Gasteiger partial charge in [-0.1, -0.05) is 13.8 Å². The van der Waals surface area contributed by atoms with Gasteiger partial charge in [0.15, 0.2) is 0 Å². The Morgan fingerprint density at radius 1 is 1.16 bits per heavy atom. The second-order valence-corrected chi connectivity index (χ2v) is 5.89. The minimum absolute atomic E-state index is 0.0498. The van der Waals surface area contributed by atoms with Crippen molar-refractivity contribution in [2.45, 2.75) is 39.7 Å². The number of alkyl carbamates (subject to hydrolysis) is 1. The third-order valence-corrected chi connectivity index (χ3v) is 3.45. The molecule has 0 aliphatic carbocycles. The minimum atomic E-state index is -0.630. The van der Waals surface area contributed by atoms with Crippen molar-refractivity contribution in [3.05, 3.63) is 30.1 Å². The van der Waals surface area contributed by atoms with Crippen molar-refractivity contribution < 1.29 is 23.5 Å². The van der Waals surface area contributed by atoms with Crippen LogP contribution in [-0.2, 0) is 9.53 Å². The van der Waals surface area contributed by atoms with Crippen LogP contribution in [-0.4, -0.2) is 37.8 Å². The Morgan fingerprint density at radius 2 is 1.84 bits per heavy atom. The number of unbranched alkanes of at least 4 members (excludes halogenated alkanes) is 1. The number of halogens is 1. The summed E-state index contributed by atoms with van der Waals surface area (Å²) in [7, 11) is 0. The highest BCUT2D eigenvalue weighted by Gasteiger charge is 2.24. The van der Waals surface area contributed by atoms with Crippen LogP contribution in [0.25, 0.3) is 0 Å². The summed E-state index contributed by atoms with van der Waals surface area (Å²) in [6, 6.07) is 5.21. The van der Waals surface area contributed by atoms with Crippen LogP contribution in [0.15, 0.2) is 24.3 Å². The molecule has 140 valence electrons. The van der Waals surface area contributed by atoms with Gasteiger partial charge in [0.05, 0.1) is 13.2 Å². The van der Waals surface area contributed by atoms with E-state index in [2.05, 4.69) is 10.6 Å². The highest BCUT2D eigenvalue weighted by molar-refractivity contribution is 5.85. The molecule has 1 aromatic rings. The summed E-state index contributed by atoms with van der Waals surface area (Å²) in [4.78, 5) is 23.6. The Kier molecular flexibility index (Phi) is 9.36. The first-order valence-corrected chi connectivity index (χ1v) is 8.53. The molecular formula is C18H27FN2O4. The number of carbonyl (C=O) groups excluding carboxylic acids is 2. The fraction of sp³-hybridized carbons (Fsp3) is 0.556. The van der Waals surface area contributed by atoms with Crippen molar-refractivity contribution in [2.24, 2.45) is 5.92 Å². The zero-order chi connectivity index (χ0) is 18.7. The predicted molar refractivity (Wildman–Crippen MR) is 92.9 cm³/mol. The molecule has 0 aliphatic heterocycles. The van der Waals surface area contributed by atoms with Gasteiger partial charge < -0.3 is 20.1 Å². The molecule has 0 saturated carbocycles. The molecule has 1 rings (SSSR count). The van der Waals surface area contributed by atoms with Gasteiger partial charge in [-0.15, -0.1) is 0 Å². The molecule has 2 N–H and O–H groups in total. The van der Waals surface area contributed by atoms with Crippen LogP contribution >= 0.6 is 0 Å². The van der Waals surface area contributed by atoms with E-state index >= 15 is 0 Å². The number of carbonyl (C=O) groups is 2. The van der Waals surface area contributed by atoms with E-state index in [1.165, 1.54) is 12.1 Å². The lowest BCUT2D eigenvalue weighted by Crippen LogP contribution is -2.50. The second-order valence-electron chi connectivity index (χ2n) is 5.89. The van der Waals surface area contributed by atoms with Gasteiger partial charge in [-0.05, 0) is 49.9 Å². The molecule has 0 fully saturated rings. The molecule has 0 aliphatic rings. The van der Waals surface area contributed by atoms with Gasteiger partial charge in [0.2, 0.25) is 5.91 Å². The maximum absolute atomic E-state index is 12.8. The van der Waals surface area contributed by atoms with Gasteiger partial charge >= 0.3 is 6.09 Å². The molecule has 2 amide bonds. The van der Waals surface area contributed by atoms with E-state index in [0.717, 1.165) is 12.8 Å². The second kappa shape index (κ2) is 11.3. The van der Waals surface area contributed by atoms with E-state index < -0.39 is 12.1 Å². The van der Waals surface area contributed by atoms with Gasteiger partial charge in [0, 0.05) is 6.54 Å². The first-order chi connectivity index (χ1) is 11.9. The summed E-state index contributed by atoms with van der Waals surface area (Å²) in [6.07, 6.45) is 0.885. The molecule has 1 atom stereocenters. The summed E-state index contributed by atoms with van der Waals surface area (Å²) < 4.78 is 23.1. The molecule has 6 nitrogen and oxygen atoms in total. The van der Waals surface area contributed by atoms with Gasteiger partial charge in [-0.3, -0.25) is 4.79 Å². The highest BCUT2D eigenvalue weighted by Crippen LogP contribution is 2.11. The van der Waals surface area contributed by atoms with Crippen LogP contribution in [0.2, 0.25) is 0 Å². The lowest BCUT2D eigenvalue weighted by molar-refractivity contribution is -0.124. The average Bonchev–Trinajstić information content (AvgIpc) is 2.57. The monoisotopic (exact) mass is 354 g/mol. The third kappa shape index (κ3) is 8.37. The maximum atomic E-state index is 12.8. The quantitative estimate of drug-likeness (QED) is 0.634. The van der Waals surface area contributed by atoms with Crippen molar-refractivity contribution in [1.82, 2.24) is 10.6 Å². The number of ether oxygens (including phenoxy) is 2. The van der Waals surface area contributed by atoms with Gasteiger partial charge in [-0.25, -0.2) is 9.18 Å². The number of rotatable bonds is 10. The molecule has 0 saturated heterocycles. The summed E-state index contributed by atoms with van der Waals surface area (Å²) in [5.74, 6) is 0.0314. The Morgan fingerprint density at radius 3 is 2.44 bits per heavy atom. The largest absolute Gasteiger partial charge is 0.494 e. The van der Waals surface area contributed by atoms with Crippen LogP contribution in [0, 0.1) is 11.7 Å². The molecule has 0 aromatic heterocycles. The van der Waals surface area contributed by atoms with Crippen molar-refractivity contribution in [3.8, 4) is 5.75 Å². The Labute approximate surface area is 148 Å². The molecular weight excluding hydrogens is 327 g/mol. The minimum Gasteiger partial charge on any atom is -0.494 e. The van der Waals surface area contributed by atoms with Gasteiger partial charge in [0.1, 0.15) is 17.6 Å². The Hall–Kier alpha value is -2.31. The van der Waals surface area contributed by atoms with E-state index in [-0.39, 0.29) is 24.2 Å². The average molecular weight is 354 g/mol. The molecule has 0 spiro atoms. The normalized spacial score (nSPS) is 11.7. The molecule has 7 heteroatoms. The van der Waals surface area contributed by atoms with Crippen LogP contribution in [0.5, 0.6) is 5.75 Å². The first kappa shape index (κ1) is 20.7. The molecule has 0 bridgehead atoms. The van der Waals surface area contributed by atoms with E-state index in [1.54, 1.807) is 19.1 Å². The number of benzene rings is 1. The molecule has 25 heavy (non-hydrogen) atoms. The topological polar surface area (TPSA) is 76.7 Å². The van der Waals surface area contributed by atoms with E-state index in [0.29, 0.717) is 18.9 Å². The van der Waals surface area contributed by atoms with Crippen LogP contribution in [0.4, 0.5) is 9.18 Å². The standard InChI is InChI=1S/C18H27FN2O4/c1-4-24-18(23)21-16(13(2)3)17(22)20-11-5-6-12-25-15-9-7-14(19)8-10-15/h7-10,13,16H,4-6,11-12H2,1-3H3,(H,20,22)(H,21,23). The highest BCUT2D eigenvalue weighted by atomic mass is 19.1. The van der Waals surface area contributed by atoms with E-state index in [1.807, 2.05) is 13.8 Å². The number of hydrogen-bond donors (Lipinski definition) is 2. The lowest BCUT2D eigenvalue weighted by atomic mass is 10.0. The first-order valence-electron chi connectivity index (χ1n) is 8.53. The smallest absolute Gasteiger partial charge is 0.407 e. The van der Waals surface area contributed by atoms with Crippen molar-refractivity contribution in [1.29, 1.82) is 0 Å². The third-order valence-electron chi connectivity index (χ3n) is 3.45. The van der Waals surface area contributed by atoms with Crippen LogP contribution in [0.3, 0.4) is 0 Å². The number of amides is 2. The summed E-state index contributed by atoms with van der Waals surface area (Å²) >= 11 is 0. The summed E-state index contributed by atoms with van der Waals surface area (Å²) in [5, 5.41) is 5.37. The fourth-order valence-corrected chi connectivity index (χ4v) is 2.10. The van der Waals surface area contributed by atoms with E-state index in [4.69, 9.17) is 9.47 Å². The Bertz CT molecular complexity index is 534. The summed E-state index contributed by atoms with van der Waals surface area (Å²) in [5.41, 5.74) is 0. The molecule has 1 aromatic carbocycles. The SMILES string of the molecule is CCOC(=O)NC(C(=O)NCCCCOc1ccc(F)cc1)C(C)C. The summed E-state index contributed by atoms with van der Waals surface area (Å²) in [6.45, 7) is 6.64. The van der Waals surface area contributed by atoms with Crippen molar-refractivity contribution in [3.63, 3.8) is 0 Å². The fourth-order valence-electron chi connectivity index (χ4n) is 2.10. The molecule has 0 heterocycles. The lowest BCUT2D eigenvalue weighted by Gasteiger charge is -2.21.